The normalized spacial score (nSPS) is 14.9. The average Bonchev–Trinajstić information content (AvgIpc) is 3.01. The van der Waals surface area contributed by atoms with E-state index in [1.807, 2.05) is 49.9 Å². The third-order valence-corrected chi connectivity index (χ3v) is 5.27. The number of carbonyl (C=O) groups is 2. The summed E-state index contributed by atoms with van der Waals surface area (Å²) in [6.45, 7) is 9.94. The molecule has 0 unspecified atom stereocenters. The number of nitrogens with one attached hydrogen (secondary N) is 1. The number of rotatable bonds is 6. The molecule has 1 aliphatic heterocycles. The number of aryl methyl sites for hydroxylation is 1. The van der Waals surface area contributed by atoms with Crippen LogP contribution in [0, 0.1) is 13.8 Å². The van der Waals surface area contributed by atoms with E-state index in [-0.39, 0.29) is 11.8 Å². The van der Waals surface area contributed by atoms with E-state index in [0.29, 0.717) is 26.2 Å². The Bertz CT molecular complexity index is 821. The molecule has 150 valence electrons. The van der Waals surface area contributed by atoms with Crippen LogP contribution >= 0.6 is 0 Å². The van der Waals surface area contributed by atoms with E-state index < -0.39 is 0 Å². The Hall–Kier alpha value is -2.60. The fraction of sp³-hybridized carbons (Fsp3) is 0.455. The summed E-state index contributed by atoms with van der Waals surface area (Å²) in [7, 11) is 0. The van der Waals surface area contributed by atoms with Crippen molar-refractivity contribution in [3.05, 3.63) is 53.3 Å². The fourth-order valence-corrected chi connectivity index (χ4v) is 3.76. The lowest BCUT2D eigenvalue weighted by Gasteiger charge is -2.34. The molecule has 0 radical (unpaired) electrons. The van der Waals surface area contributed by atoms with Crippen LogP contribution in [0.5, 0.6) is 0 Å². The monoisotopic (exact) mass is 382 g/mol. The minimum Gasteiger partial charge on any atom is -0.355 e. The van der Waals surface area contributed by atoms with Gasteiger partial charge in [-0.2, -0.15) is 0 Å². The molecule has 0 spiro atoms. The highest BCUT2D eigenvalue weighted by Gasteiger charge is 2.26. The SMILES string of the molecule is CCCNC(=O)CN1CCN(C(=O)c2cc(C)n(-c3ccccc3)c2C)CC1. The number of piperazine rings is 1. The Morgan fingerprint density at radius 3 is 2.36 bits per heavy atom. The van der Waals surface area contributed by atoms with Gasteiger partial charge >= 0.3 is 0 Å². The fourth-order valence-electron chi connectivity index (χ4n) is 3.76. The first-order valence-corrected chi connectivity index (χ1v) is 10.0. The van der Waals surface area contributed by atoms with E-state index in [1.54, 1.807) is 0 Å². The second-order valence-corrected chi connectivity index (χ2v) is 7.37. The van der Waals surface area contributed by atoms with Crippen molar-refractivity contribution in [3.8, 4) is 5.69 Å². The molecule has 2 heterocycles. The largest absolute Gasteiger partial charge is 0.355 e. The maximum absolute atomic E-state index is 13.1. The Morgan fingerprint density at radius 1 is 1.04 bits per heavy atom. The Morgan fingerprint density at radius 2 is 1.71 bits per heavy atom. The lowest BCUT2D eigenvalue weighted by molar-refractivity contribution is -0.122. The summed E-state index contributed by atoms with van der Waals surface area (Å²) >= 11 is 0. The number of aromatic nitrogens is 1. The van der Waals surface area contributed by atoms with Crippen LogP contribution in [0.15, 0.2) is 36.4 Å². The second kappa shape index (κ2) is 9.06. The van der Waals surface area contributed by atoms with Gasteiger partial charge < -0.3 is 14.8 Å². The van der Waals surface area contributed by atoms with Crippen molar-refractivity contribution < 1.29 is 9.59 Å². The van der Waals surface area contributed by atoms with Gasteiger partial charge in [0.15, 0.2) is 0 Å². The van der Waals surface area contributed by atoms with Crippen LogP contribution in [0.2, 0.25) is 0 Å². The number of para-hydroxylation sites is 1. The smallest absolute Gasteiger partial charge is 0.255 e. The molecule has 28 heavy (non-hydrogen) atoms. The van der Waals surface area contributed by atoms with Gasteiger partial charge in [-0.3, -0.25) is 14.5 Å². The molecule has 0 aliphatic carbocycles. The summed E-state index contributed by atoms with van der Waals surface area (Å²) in [4.78, 5) is 29.0. The lowest BCUT2D eigenvalue weighted by atomic mass is 10.2. The molecule has 0 bridgehead atoms. The third-order valence-electron chi connectivity index (χ3n) is 5.27. The van der Waals surface area contributed by atoms with Crippen molar-refractivity contribution in [1.82, 2.24) is 19.7 Å². The van der Waals surface area contributed by atoms with Crippen molar-refractivity contribution >= 4 is 11.8 Å². The van der Waals surface area contributed by atoms with Crippen molar-refractivity contribution in [2.24, 2.45) is 0 Å². The molecule has 2 amide bonds. The van der Waals surface area contributed by atoms with Gasteiger partial charge in [0.1, 0.15) is 0 Å². The van der Waals surface area contributed by atoms with Gasteiger partial charge in [-0.05, 0) is 38.5 Å². The molecule has 1 aromatic heterocycles. The Labute approximate surface area is 167 Å². The van der Waals surface area contributed by atoms with E-state index >= 15 is 0 Å². The highest BCUT2D eigenvalue weighted by molar-refractivity contribution is 5.96. The Balaban J connectivity index is 1.64. The van der Waals surface area contributed by atoms with Gasteiger partial charge in [0, 0.05) is 49.8 Å². The maximum atomic E-state index is 13.1. The van der Waals surface area contributed by atoms with E-state index in [2.05, 4.69) is 26.9 Å². The second-order valence-electron chi connectivity index (χ2n) is 7.37. The van der Waals surface area contributed by atoms with E-state index in [9.17, 15) is 9.59 Å². The molecule has 6 heteroatoms. The molecular formula is C22H30N4O2. The van der Waals surface area contributed by atoms with Gasteiger partial charge in [0.25, 0.3) is 5.91 Å². The predicted molar refractivity (Wildman–Crippen MR) is 111 cm³/mol. The van der Waals surface area contributed by atoms with Crippen LogP contribution in [-0.4, -0.2) is 65.4 Å². The number of amides is 2. The summed E-state index contributed by atoms with van der Waals surface area (Å²) in [6.07, 6.45) is 0.940. The van der Waals surface area contributed by atoms with Gasteiger partial charge in [-0.1, -0.05) is 25.1 Å². The minimum absolute atomic E-state index is 0.0630. The Kier molecular flexibility index (Phi) is 6.52. The first-order valence-electron chi connectivity index (χ1n) is 10.0. The molecule has 1 aliphatic rings. The lowest BCUT2D eigenvalue weighted by Crippen LogP contribution is -2.51. The highest BCUT2D eigenvalue weighted by atomic mass is 16.2. The zero-order valence-corrected chi connectivity index (χ0v) is 17.1. The van der Waals surface area contributed by atoms with Crippen LogP contribution in [-0.2, 0) is 4.79 Å². The summed E-state index contributed by atoms with van der Waals surface area (Å²) in [5, 5.41) is 2.91. The van der Waals surface area contributed by atoms with Crippen LogP contribution in [0.25, 0.3) is 5.69 Å². The number of nitrogens with zero attached hydrogens (tertiary/aromatic N) is 3. The average molecular weight is 383 g/mol. The van der Waals surface area contributed by atoms with Crippen LogP contribution in [0.1, 0.15) is 35.1 Å². The first kappa shape index (κ1) is 20.1. The molecule has 1 aromatic carbocycles. The number of hydrogen-bond acceptors (Lipinski definition) is 3. The van der Waals surface area contributed by atoms with Crippen molar-refractivity contribution in [3.63, 3.8) is 0 Å². The minimum atomic E-state index is 0.0630. The quantitative estimate of drug-likeness (QED) is 0.835. The molecule has 2 aromatic rings. The van der Waals surface area contributed by atoms with E-state index in [1.165, 1.54) is 0 Å². The molecule has 1 fully saturated rings. The van der Waals surface area contributed by atoms with Gasteiger partial charge in [-0.25, -0.2) is 0 Å². The van der Waals surface area contributed by atoms with Crippen LogP contribution in [0.3, 0.4) is 0 Å². The predicted octanol–water partition coefficient (Wildman–Crippen LogP) is 2.38. The third kappa shape index (κ3) is 4.44. The highest BCUT2D eigenvalue weighted by Crippen LogP contribution is 2.22. The standard InChI is InChI=1S/C22H30N4O2/c1-4-10-23-21(27)16-24-11-13-25(14-12-24)22(28)20-15-17(2)26(18(20)3)19-8-6-5-7-9-19/h5-9,15H,4,10-14,16H2,1-3H3,(H,23,27). The van der Waals surface area contributed by atoms with Gasteiger partial charge in [0.05, 0.1) is 12.1 Å². The molecular weight excluding hydrogens is 352 g/mol. The van der Waals surface area contributed by atoms with Crippen molar-refractivity contribution in [2.75, 3.05) is 39.3 Å². The zero-order chi connectivity index (χ0) is 20.1. The van der Waals surface area contributed by atoms with Crippen molar-refractivity contribution in [1.29, 1.82) is 0 Å². The summed E-state index contributed by atoms with van der Waals surface area (Å²) in [5.41, 5.74) is 3.85. The van der Waals surface area contributed by atoms with Crippen molar-refractivity contribution in [2.45, 2.75) is 27.2 Å². The number of hydrogen-bond donors (Lipinski definition) is 1. The van der Waals surface area contributed by atoms with Crippen LogP contribution in [0.4, 0.5) is 0 Å². The summed E-state index contributed by atoms with van der Waals surface area (Å²) in [6, 6.07) is 12.1. The zero-order valence-electron chi connectivity index (χ0n) is 17.1. The summed E-state index contributed by atoms with van der Waals surface area (Å²) in [5.74, 6) is 0.137. The maximum Gasteiger partial charge on any atom is 0.255 e. The van der Waals surface area contributed by atoms with Gasteiger partial charge in [0.2, 0.25) is 5.91 Å². The molecule has 0 saturated carbocycles. The topological polar surface area (TPSA) is 57.6 Å². The van der Waals surface area contributed by atoms with E-state index in [4.69, 9.17) is 0 Å². The summed E-state index contributed by atoms with van der Waals surface area (Å²) < 4.78 is 2.13. The molecule has 6 nitrogen and oxygen atoms in total. The van der Waals surface area contributed by atoms with Gasteiger partial charge in [-0.15, -0.1) is 0 Å². The molecule has 3 rings (SSSR count). The number of benzene rings is 1. The van der Waals surface area contributed by atoms with E-state index in [0.717, 1.165) is 42.1 Å². The first-order chi connectivity index (χ1) is 13.5. The van der Waals surface area contributed by atoms with Crippen LogP contribution < -0.4 is 5.32 Å². The molecule has 1 N–H and O–H groups in total. The molecule has 1 saturated heterocycles. The molecule has 0 atom stereocenters. The number of carbonyl (C=O) groups excluding carboxylic acids is 2.